The number of anilines is 1. The maximum Gasteiger partial charge on any atom is 0.333 e. The van der Waals surface area contributed by atoms with Gasteiger partial charge >= 0.3 is 5.69 Å². The molecule has 0 unspecified atom stereocenters. The molecule has 0 aliphatic carbocycles. The SMILES string of the molecule is COc1cccc(NC(C)(C)CC(N)=O)c1[N+](=O)[O-]. The highest BCUT2D eigenvalue weighted by Gasteiger charge is 2.27. The fraction of sp³-hybridized carbons (Fsp3) is 0.417. The monoisotopic (exact) mass is 267 g/mol. The zero-order chi connectivity index (χ0) is 14.6. The molecule has 0 aliphatic rings. The molecule has 0 spiro atoms. The lowest BCUT2D eigenvalue weighted by Crippen LogP contribution is -2.36. The number of carbonyl (C=O) groups is 1. The number of nitro benzene ring substituents is 1. The second kappa shape index (κ2) is 5.55. The van der Waals surface area contributed by atoms with Crippen LogP contribution in [-0.2, 0) is 4.79 Å². The first-order valence-electron chi connectivity index (χ1n) is 5.65. The molecule has 1 aromatic rings. The van der Waals surface area contributed by atoms with E-state index in [1.54, 1.807) is 26.0 Å². The van der Waals surface area contributed by atoms with Gasteiger partial charge in [0.25, 0.3) is 0 Å². The third kappa shape index (κ3) is 3.84. The summed E-state index contributed by atoms with van der Waals surface area (Å²) in [6, 6.07) is 4.70. The van der Waals surface area contributed by atoms with Gasteiger partial charge in [0.1, 0.15) is 5.69 Å². The molecule has 0 bridgehead atoms. The molecule has 0 aliphatic heterocycles. The Balaban J connectivity index is 3.14. The molecule has 0 radical (unpaired) electrons. The fourth-order valence-electron chi connectivity index (χ4n) is 1.82. The number of nitrogens with zero attached hydrogens (tertiary/aromatic N) is 1. The molecule has 0 saturated heterocycles. The van der Waals surface area contributed by atoms with Gasteiger partial charge < -0.3 is 15.8 Å². The average molecular weight is 267 g/mol. The Bertz CT molecular complexity index is 500. The number of nitrogens with one attached hydrogen (secondary N) is 1. The largest absolute Gasteiger partial charge is 0.490 e. The van der Waals surface area contributed by atoms with Gasteiger partial charge in [-0.2, -0.15) is 0 Å². The first-order chi connectivity index (χ1) is 8.76. The van der Waals surface area contributed by atoms with Crippen LogP contribution in [0.3, 0.4) is 0 Å². The van der Waals surface area contributed by atoms with E-state index in [-0.39, 0.29) is 23.5 Å². The van der Waals surface area contributed by atoms with Crippen LogP contribution in [0.1, 0.15) is 20.3 Å². The van der Waals surface area contributed by atoms with Gasteiger partial charge in [0.2, 0.25) is 5.91 Å². The number of rotatable bonds is 6. The normalized spacial score (nSPS) is 10.9. The minimum absolute atomic E-state index is 0.0569. The number of para-hydroxylation sites is 1. The molecule has 0 aromatic heterocycles. The van der Waals surface area contributed by atoms with Crippen molar-refractivity contribution in [3.05, 3.63) is 28.3 Å². The zero-order valence-electron chi connectivity index (χ0n) is 11.1. The number of benzene rings is 1. The quantitative estimate of drug-likeness (QED) is 0.602. The second-order valence-electron chi connectivity index (χ2n) is 4.77. The third-order valence-corrected chi connectivity index (χ3v) is 2.49. The van der Waals surface area contributed by atoms with Crippen molar-refractivity contribution in [2.24, 2.45) is 5.73 Å². The Labute approximate surface area is 110 Å². The van der Waals surface area contributed by atoms with E-state index in [0.29, 0.717) is 0 Å². The molecule has 104 valence electrons. The molecule has 0 atom stereocenters. The van der Waals surface area contributed by atoms with Crippen LogP contribution in [0.5, 0.6) is 5.75 Å². The number of hydrogen-bond donors (Lipinski definition) is 2. The van der Waals surface area contributed by atoms with Gasteiger partial charge in [-0.25, -0.2) is 0 Å². The van der Waals surface area contributed by atoms with Crippen LogP contribution in [0.2, 0.25) is 0 Å². The van der Waals surface area contributed by atoms with E-state index in [2.05, 4.69) is 5.32 Å². The predicted octanol–water partition coefficient (Wildman–Crippen LogP) is 1.67. The summed E-state index contributed by atoms with van der Waals surface area (Å²) in [5, 5.41) is 14.1. The smallest absolute Gasteiger partial charge is 0.333 e. The van der Waals surface area contributed by atoms with Crippen molar-refractivity contribution in [1.82, 2.24) is 0 Å². The summed E-state index contributed by atoms with van der Waals surface area (Å²) in [5.41, 5.74) is 4.58. The van der Waals surface area contributed by atoms with Gasteiger partial charge in [-0.1, -0.05) is 6.07 Å². The highest BCUT2D eigenvalue weighted by molar-refractivity contribution is 5.76. The summed E-state index contributed by atoms with van der Waals surface area (Å²) < 4.78 is 4.97. The predicted molar refractivity (Wildman–Crippen MR) is 71.2 cm³/mol. The van der Waals surface area contributed by atoms with Crippen LogP contribution in [0.25, 0.3) is 0 Å². The molecular weight excluding hydrogens is 250 g/mol. The Morgan fingerprint density at radius 3 is 2.63 bits per heavy atom. The summed E-state index contributed by atoms with van der Waals surface area (Å²) in [4.78, 5) is 21.5. The van der Waals surface area contributed by atoms with E-state index in [4.69, 9.17) is 10.5 Å². The molecule has 0 saturated carbocycles. The fourth-order valence-corrected chi connectivity index (χ4v) is 1.82. The Hall–Kier alpha value is -2.31. The van der Waals surface area contributed by atoms with Gasteiger partial charge in [0.05, 0.1) is 12.0 Å². The summed E-state index contributed by atoms with van der Waals surface area (Å²) in [6.07, 6.45) is 0.0569. The maximum atomic E-state index is 11.1. The van der Waals surface area contributed by atoms with Crippen molar-refractivity contribution in [3.8, 4) is 5.75 Å². The molecule has 19 heavy (non-hydrogen) atoms. The summed E-state index contributed by atoms with van der Waals surface area (Å²) >= 11 is 0. The van der Waals surface area contributed by atoms with E-state index in [1.165, 1.54) is 13.2 Å². The molecule has 0 heterocycles. The van der Waals surface area contributed by atoms with Crippen LogP contribution in [0.4, 0.5) is 11.4 Å². The second-order valence-corrected chi connectivity index (χ2v) is 4.77. The van der Waals surface area contributed by atoms with Gasteiger partial charge in [-0.15, -0.1) is 0 Å². The Morgan fingerprint density at radius 1 is 1.53 bits per heavy atom. The van der Waals surface area contributed by atoms with Crippen LogP contribution >= 0.6 is 0 Å². The summed E-state index contributed by atoms with van der Waals surface area (Å²) in [5.74, 6) is -0.326. The number of primary amides is 1. The first kappa shape index (κ1) is 14.7. The highest BCUT2D eigenvalue weighted by Crippen LogP contribution is 2.36. The Kier molecular flexibility index (Phi) is 4.31. The number of nitrogens with two attached hydrogens (primary N) is 1. The van der Waals surface area contributed by atoms with Gasteiger partial charge in [0.15, 0.2) is 5.75 Å². The third-order valence-electron chi connectivity index (χ3n) is 2.49. The Morgan fingerprint density at radius 2 is 2.16 bits per heavy atom. The molecule has 0 fully saturated rings. The first-order valence-corrected chi connectivity index (χ1v) is 5.65. The van der Waals surface area contributed by atoms with E-state index in [0.717, 1.165) is 0 Å². The molecule has 7 heteroatoms. The number of amides is 1. The topological polar surface area (TPSA) is 107 Å². The van der Waals surface area contributed by atoms with Crippen LogP contribution in [0.15, 0.2) is 18.2 Å². The molecule has 1 amide bonds. The molecular formula is C12H17N3O4. The molecule has 1 rings (SSSR count). The van der Waals surface area contributed by atoms with Gasteiger partial charge in [-0.3, -0.25) is 14.9 Å². The molecule has 7 nitrogen and oxygen atoms in total. The van der Waals surface area contributed by atoms with Crippen molar-refractivity contribution in [1.29, 1.82) is 0 Å². The summed E-state index contributed by atoms with van der Waals surface area (Å²) in [7, 11) is 1.36. The van der Waals surface area contributed by atoms with Crippen molar-refractivity contribution in [3.63, 3.8) is 0 Å². The van der Waals surface area contributed by atoms with E-state index in [1.807, 2.05) is 0 Å². The lowest BCUT2D eigenvalue weighted by Gasteiger charge is -2.26. The van der Waals surface area contributed by atoms with Gasteiger partial charge in [0, 0.05) is 12.0 Å². The number of hydrogen-bond acceptors (Lipinski definition) is 5. The van der Waals surface area contributed by atoms with Crippen LogP contribution < -0.4 is 15.8 Å². The average Bonchev–Trinajstić information content (AvgIpc) is 2.25. The number of nitro groups is 1. The number of ether oxygens (including phenoxy) is 1. The van der Waals surface area contributed by atoms with E-state index >= 15 is 0 Å². The van der Waals surface area contributed by atoms with Crippen molar-refractivity contribution in [2.45, 2.75) is 25.8 Å². The van der Waals surface area contributed by atoms with E-state index in [9.17, 15) is 14.9 Å². The summed E-state index contributed by atoms with van der Waals surface area (Å²) in [6.45, 7) is 3.47. The van der Waals surface area contributed by atoms with Crippen LogP contribution in [0, 0.1) is 10.1 Å². The van der Waals surface area contributed by atoms with Crippen LogP contribution in [-0.4, -0.2) is 23.5 Å². The minimum atomic E-state index is -0.692. The number of carbonyl (C=O) groups excluding carboxylic acids is 1. The maximum absolute atomic E-state index is 11.1. The van der Waals surface area contributed by atoms with Gasteiger partial charge in [-0.05, 0) is 26.0 Å². The van der Waals surface area contributed by atoms with Crippen molar-refractivity contribution in [2.75, 3.05) is 12.4 Å². The highest BCUT2D eigenvalue weighted by atomic mass is 16.6. The number of methoxy groups -OCH3 is 1. The molecule has 3 N–H and O–H groups in total. The van der Waals surface area contributed by atoms with Crippen molar-refractivity contribution < 1.29 is 14.5 Å². The zero-order valence-corrected chi connectivity index (χ0v) is 11.1. The lowest BCUT2D eigenvalue weighted by molar-refractivity contribution is -0.384. The standard InChI is InChI=1S/C12H17N3O4/c1-12(2,7-10(13)16)14-8-5-4-6-9(19-3)11(8)15(17)18/h4-6,14H,7H2,1-3H3,(H2,13,16). The van der Waals surface area contributed by atoms with E-state index < -0.39 is 16.4 Å². The van der Waals surface area contributed by atoms with Crippen molar-refractivity contribution >= 4 is 17.3 Å². The lowest BCUT2D eigenvalue weighted by atomic mass is 9.99. The minimum Gasteiger partial charge on any atom is -0.490 e. The molecule has 1 aromatic carbocycles.